The third kappa shape index (κ3) is 8.56. The van der Waals surface area contributed by atoms with Gasteiger partial charge in [0.15, 0.2) is 11.5 Å². The summed E-state index contributed by atoms with van der Waals surface area (Å²) >= 11 is 1.86. The molecule has 9 rings (SSSR count). The molecule has 5 aromatic rings. The van der Waals surface area contributed by atoms with Crippen LogP contribution < -0.4 is 29.3 Å². The summed E-state index contributed by atoms with van der Waals surface area (Å²) in [6, 6.07) is 28.5. The summed E-state index contributed by atoms with van der Waals surface area (Å²) in [6.07, 6.45) is 6.20. The molecule has 0 fully saturated rings. The monoisotopic (exact) mass is 861 g/mol. The van der Waals surface area contributed by atoms with E-state index in [-0.39, 0.29) is 47.8 Å². The van der Waals surface area contributed by atoms with Gasteiger partial charge < -0.3 is 19.5 Å². The number of methoxy groups -OCH3 is 1. The molecule has 0 aliphatic carbocycles. The number of carbonyl (C=O) groups excluding carboxylic acids is 3. The number of hydrogen-bond acceptors (Lipinski definition) is 9. The smallest absolute Gasteiger partial charge is 0.261 e. The van der Waals surface area contributed by atoms with E-state index >= 15 is 0 Å². The van der Waals surface area contributed by atoms with Crippen molar-refractivity contribution in [2.75, 3.05) is 22.2 Å². The van der Waals surface area contributed by atoms with E-state index in [0.717, 1.165) is 52.0 Å². The van der Waals surface area contributed by atoms with Crippen LogP contribution in [0.2, 0.25) is 0 Å². The predicted octanol–water partition coefficient (Wildman–Crippen LogP) is 10.4. The molecule has 0 unspecified atom stereocenters. The molecule has 0 saturated heterocycles. The van der Waals surface area contributed by atoms with Crippen molar-refractivity contribution in [1.82, 2.24) is 0 Å². The molecule has 3 amide bonds. The molecule has 0 saturated carbocycles. The van der Waals surface area contributed by atoms with Gasteiger partial charge in [0.05, 0.1) is 41.7 Å². The molecule has 4 aliphatic rings. The van der Waals surface area contributed by atoms with Gasteiger partial charge in [0.25, 0.3) is 11.8 Å². The second-order valence-corrected chi connectivity index (χ2v) is 19.7. The lowest BCUT2D eigenvalue weighted by Gasteiger charge is -2.26. The number of thioether (sulfide) groups is 1. The van der Waals surface area contributed by atoms with E-state index in [2.05, 4.69) is 39.1 Å². The average molecular weight is 862 g/mol. The lowest BCUT2D eigenvalue weighted by molar-refractivity contribution is -0.116. The molecule has 2 atom stereocenters. The van der Waals surface area contributed by atoms with Crippen molar-refractivity contribution < 1.29 is 28.6 Å². The quantitative estimate of drug-likeness (QED) is 0.125. The van der Waals surface area contributed by atoms with Crippen LogP contribution in [0.25, 0.3) is 0 Å². The van der Waals surface area contributed by atoms with Crippen molar-refractivity contribution in [3.63, 3.8) is 0 Å². The Morgan fingerprint density at radius 1 is 0.762 bits per heavy atom. The van der Waals surface area contributed by atoms with Crippen molar-refractivity contribution in [3.8, 4) is 17.2 Å². The van der Waals surface area contributed by atoms with Crippen molar-refractivity contribution in [1.29, 1.82) is 0 Å². The first-order chi connectivity index (χ1) is 30.3. The first-order valence-corrected chi connectivity index (χ1v) is 22.4. The molecule has 4 aliphatic heterocycles. The Hall–Kier alpha value is -6.40. The zero-order valence-electron chi connectivity index (χ0n) is 36.4. The van der Waals surface area contributed by atoms with Crippen LogP contribution in [0.3, 0.4) is 0 Å². The third-order valence-corrected chi connectivity index (χ3v) is 13.2. The molecule has 4 heterocycles. The fourth-order valence-corrected chi connectivity index (χ4v) is 10.5. The van der Waals surface area contributed by atoms with Gasteiger partial charge in [0.2, 0.25) is 5.91 Å². The maximum atomic E-state index is 14.0. The molecule has 1 N–H and O–H groups in total. The number of fused-ring (bicyclic) bond motifs is 8. The van der Waals surface area contributed by atoms with Gasteiger partial charge in [-0.2, -0.15) is 11.8 Å². The molecule has 0 radical (unpaired) electrons. The van der Waals surface area contributed by atoms with Crippen LogP contribution in [0.5, 0.6) is 17.2 Å². The lowest BCUT2D eigenvalue weighted by atomic mass is 10.1. The van der Waals surface area contributed by atoms with Crippen LogP contribution in [0.1, 0.15) is 89.1 Å². The fraction of sp³-hybridized carbons (Fsp3) is 0.314. The van der Waals surface area contributed by atoms with Crippen LogP contribution in [0.15, 0.2) is 101 Å². The van der Waals surface area contributed by atoms with E-state index in [1.807, 2.05) is 109 Å². The van der Waals surface area contributed by atoms with Gasteiger partial charge in [0, 0.05) is 65.6 Å². The van der Waals surface area contributed by atoms with Crippen LogP contribution >= 0.6 is 11.8 Å². The Kier molecular flexibility index (Phi) is 11.3. The Morgan fingerprint density at radius 2 is 1.30 bits per heavy atom. The minimum Gasteiger partial charge on any atom is -0.493 e. The molecule has 63 heavy (non-hydrogen) atoms. The Labute approximate surface area is 372 Å². The van der Waals surface area contributed by atoms with E-state index in [9.17, 15) is 14.4 Å². The van der Waals surface area contributed by atoms with Crippen LogP contribution in [0, 0.1) is 6.92 Å². The SMILES string of the molecule is COc1cc2c(cc1OCc1cc(COc3cc4c(cc3C)C(=O)N3c5ccccc5C[C@H]3C=N4)cc(NC(=O)CCC(C)(C)SC(C)C)c1)N=C[C@@H]1Cc3ccccc3N1C2=O. The molecular formula is C51H51N5O6S. The molecule has 0 bridgehead atoms. The highest BCUT2D eigenvalue weighted by Crippen LogP contribution is 2.42. The number of rotatable bonds is 13. The summed E-state index contributed by atoms with van der Waals surface area (Å²) in [7, 11) is 1.55. The summed E-state index contributed by atoms with van der Waals surface area (Å²) in [6.45, 7) is 10.9. The van der Waals surface area contributed by atoms with E-state index in [1.54, 1.807) is 24.1 Å². The molecule has 0 spiro atoms. The Morgan fingerprint density at radius 3 is 1.87 bits per heavy atom. The van der Waals surface area contributed by atoms with Gasteiger partial charge in [-0.05, 0) is 88.9 Å². The number of aryl methyl sites for hydroxylation is 1. The predicted molar refractivity (Wildman–Crippen MR) is 252 cm³/mol. The van der Waals surface area contributed by atoms with Crippen LogP contribution in [-0.4, -0.2) is 59.3 Å². The number of aliphatic imine (C=N–C) groups is 2. The van der Waals surface area contributed by atoms with Crippen molar-refractivity contribution in [3.05, 3.63) is 130 Å². The van der Waals surface area contributed by atoms with E-state index in [0.29, 0.717) is 63.5 Å². The van der Waals surface area contributed by atoms with Gasteiger partial charge in [-0.15, -0.1) is 0 Å². The zero-order chi connectivity index (χ0) is 44.0. The summed E-state index contributed by atoms with van der Waals surface area (Å²) in [5.41, 5.74) is 9.10. The molecular weight excluding hydrogens is 811 g/mol. The topological polar surface area (TPSA) is 122 Å². The van der Waals surface area contributed by atoms with Gasteiger partial charge >= 0.3 is 0 Å². The van der Waals surface area contributed by atoms with Gasteiger partial charge in [-0.3, -0.25) is 34.2 Å². The summed E-state index contributed by atoms with van der Waals surface area (Å²) < 4.78 is 18.6. The number of nitrogens with one attached hydrogen (secondary N) is 1. The minimum atomic E-state index is -0.183. The fourth-order valence-electron chi connectivity index (χ4n) is 9.05. The Bertz CT molecular complexity index is 2710. The molecule has 11 nitrogen and oxygen atoms in total. The van der Waals surface area contributed by atoms with E-state index in [4.69, 9.17) is 24.2 Å². The first kappa shape index (κ1) is 41.9. The number of anilines is 3. The van der Waals surface area contributed by atoms with Crippen molar-refractivity contribution in [2.45, 2.75) is 95.6 Å². The number of benzene rings is 5. The number of hydrogen-bond donors (Lipinski definition) is 1. The van der Waals surface area contributed by atoms with E-state index < -0.39 is 0 Å². The molecule has 0 aromatic heterocycles. The van der Waals surface area contributed by atoms with Gasteiger partial charge in [-0.1, -0.05) is 64.1 Å². The lowest BCUT2D eigenvalue weighted by Crippen LogP contribution is -2.37. The largest absolute Gasteiger partial charge is 0.493 e. The van der Waals surface area contributed by atoms with Crippen molar-refractivity contribution >= 4 is 70.3 Å². The highest BCUT2D eigenvalue weighted by atomic mass is 32.2. The highest BCUT2D eigenvalue weighted by molar-refractivity contribution is 8.01. The molecule has 5 aromatic carbocycles. The van der Waals surface area contributed by atoms with Crippen molar-refractivity contribution in [2.24, 2.45) is 9.98 Å². The zero-order valence-corrected chi connectivity index (χ0v) is 37.3. The summed E-state index contributed by atoms with van der Waals surface area (Å²) in [4.78, 5) is 54.6. The minimum absolute atomic E-state index is 0.0521. The second-order valence-electron chi connectivity index (χ2n) is 17.5. The number of amides is 3. The first-order valence-electron chi connectivity index (χ1n) is 21.5. The van der Waals surface area contributed by atoms with E-state index in [1.165, 1.54) is 0 Å². The highest BCUT2D eigenvalue weighted by Gasteiger charge is 2.38. The second kappa shape index (κ2) is 17.0. The van der Waals surface area contributed by atoms with Crippen LogP contribution in [-0.2, 0) is 30.8 Å². The van der Waals surface area contributed by atoms with Gasteiger partial charge in [-0.25, -0.2) is 0 Å². The third-order valence-electron chi connectivity index (χ3n) is 11.9. The summed E-state index contributed by atoms with van der Waals surface area (Å²) in [5, 5.41) is 3.58. The molecule has 12 heteroatoms. The Balaban J connectivity index is 0.961. The van der Waals surface area contributed by atoms with Crippen LogP contribution in [0.4, 0.5) is 28.4 Å². The average Bonchev–Trinajstić information content (AvgIpc) is 3.75. The number of ether oxygens (including phenoxy) is 3. The maximum Gasteiger partial charge on any atom is 0.261 e. The standard InChI is InChI=1S/C51H51N5O6S/c1-30(2)63-51(4,5)16-15-48(57)54-36-19-32(28-61-45-24-41-39(17-31(45)3)49(58)55-37(26-52-41)21-34-11-7-9-13-43(34)55)18-33(20-36)29-62-47-25-42-40(23-46(47)60-6)50(59)56-38(27-53-42)22-35-12-8-10-14-44(35)56/h7-14,17-20,23-27,30,37-38H,15-16,21-22,28-29H2,1-6H3,(H,54,57)/t37-,38-/m0/s1. The summed E-state index contributed by atoms with van der Waals surface area (Å²) in [5.74, 6) is 1.13. The number of nitrogens with zero attached hydrogens (tertiary/aromatic N) is 4. The van der Waals surface area contributed by atoms with Gasteiger partial charge in [0.1, 0.15) is 19.0 Å². The number of para-hydroxylation sites is 2. The maximum absolute atomic E-state index is 14.0. The number of carbonyl (C=O) groups is 3. The molecule has 322 valence electrons. The normalized spacial score (nSPS) is 17.0.